The Morgan fingerprint density at radius 2 is 2.00 bits per heavy atom. The Bertz CT molecular complexity index is 608. The third-order valence-corrected chi connectivity index (χ3v) is 2.62. The highest BCUT2D eigenvalue weighted by Gasteiger charge is 2.34. The van der Waals surface area contributed by atoms with Gasteiger partial charge in [0.25, 0.3) is 0 Å². The first-order valence-corrected chi connectivity index (χ1v) is 4.95. The molecule has 16 heavy (non-hydrogen) atoms. The van der Waals surface area contributed by atoms with E-state index in [1.54, 1.807) is 12.2 Å². The van der Waals surface area contributed by atoms with Crippen molar-refractivity contribution in [1.29, 1.82) is 0 Å². The van der Waals surface area contributed by atoms with Crippen LogP contribution in [0.2, 0.25) is 0 Å². The van der Waals surface area contributed by atoms with Crippen LogP contribution in [-0.4, -0.2) is 17.2 Å². The van der Waals surface area contributed by atoms with Gasteiger partial charge in [-0.15, -0.1) is 0 Å². The molecule has 0 unspecified atom stereocenters. The van der Waals surface area contributed by atoms with Gasteiger partial charge in [0.2, 0.25) is 5.76 Å². The summed E-state index contributed by atoms with van der Waals surface area (Å²) in [6.07, 6.45) is 6.22. The molecule has 1 aromatic carbocycles. The van der Waals surface area contributed by atoms with Gasteiger partial charge in [0.1, 0.15) is 11.6 Å². The van der Waals surface area contributed by atoms with Gasteiger partial charge in [0, 0.05) is 6.08 Å². The van der Waals surface area contributed by atoms with Crippen molar-refractivity contribution < 1.29 is 14.5 Å². The van der Waals surface area contributed by atoms with Crippen LogP contribution < -0.4 is 0 Å². The molecule has 0 spiro atoms. The first-order valence-electron chi connectivity index (χ1n) is 4.95. The highest BCUT2D eigenvalue weighted by atomic mass is 16.4. The zero-order valence-electron chi connectivity index (χ0n) is 8.34. The van der Waals surface area contributed by atoms with Crippen molar-refractivity contribution in [1.82, 2.24) is 0 Å². The van der Waals surface area contributed by atoms with Crippen LogP contribution in [0, 0.1) is 6.08 Å². The first-order chi connectivity index (χ1) is 7.77. The van der Waals surface area contributed by atoms with Crippen molar-refractivity contribution in [2.24, 2.45) is 0 Å². The number of fused-ring (bicyclic) bond motifs is 3. The van der Waals surface area contributed by atoms with Crippen molar-refractivity contribution in [3.05, 3.63) is 47.7 Å². The normalized spacial score (nSPS) is 13.2. The molecule has 0 saturated carbocycles. The topological polar surface area (TPSA) is 53.6 Å². The predicted molar refractivity (Wildman–Crippen MR) is 62.1 cm³/mol. The van der Waals surface area contributed by atoms with Gasteiger partial charge < -0.3 is 14.5 Å². The summed E-state index contributed by atoms with van der Waals surface area (Å²) in [5, 5.41) is 19.4. The minimum Gasteiger partial charge on any atom is -0.430 e. The monoisotopic (exact) mass is 211 g/mol. The Balaban J connectivity index is 2.36. The molecular formula is C12H8BO3+. The van der Waals surface area contributed by atoms with Gasteiger partial charge in [-0.1, -0.05) is 12.1 Å². The Hall–Kier alpha value is -1.87. The van der Waals surface area contributed by atoms with E-state index in [1.165, 1.54) is 0 Å². The van der Waals surface area contributed by atoms with E-state index in [1.807, 2.05) is 24.3 Å². The molecule has 0 saturated heterocycles. The van der Waals surface area contributed by atoms with Gasteiger partial charge in [0.15, 0.2) is 11.1 Å². The Labute approximate surface area is 92.5 Å². The van der Waals surface area contributed by atoms with Gasteiger partial charge in [-0.2, -0.15) is 0 Å². The summed E-state index contributed by atoms with van der Waals surface area (Å²) in [5.74, 6) is 0.642. The van der Waals surface area contributed by atoms with Gasteiger partial charge in [-0.05, 0) is 12.1 Å². The summed E-state index contributed by atoms with van der Waals surface area (Å²) in [6.45, 7) is 0. The van der Waals surface area contributed by atoms with Crippen molar-refractivity contribution in [2.75, 3.05) is 0 Å². The highest BCUT2D eigenvalue weighted by Crippen LogP contribution is 2.34. The number of para-hydroxylation sites is 1. The fourth-order valence-electron chi connectivity index (χ4n) is 1.94. The maximum Gasteiger partial charge on any atom is 0.527 e. The number of hydrogen-bond donors (Lipinski definition) is 2. The molecule has 0 amide bonds. The second-order valence-corrected chi connectivity index (χ2v) is 3.60. The minimum atomic E-state index is -1.54. The smallest absolute Gasteiger partial charge is 0.430 e. The van der Waals surface area contributed by atoms with E-state index in [0.29, 0.717) is 16.8 Å². The maximum atomic E-state index is 9.28. The van der Waals surface area contributed by atoms with E-state index in [9.17, 15) is 10.0 Å². The fraction of sp³-hybridized carbons (Fsp3) is 0. The molecule has 76 valence electrons. The number of furan rings is 1. The number of benzene rings is 1. The lowest BCUT2D eigenvalue weighted by molar-refractivity contribution is 0.427. The average Bonchev–Trinajstić information content (AvgIpc) is 2.66. The second kappa shape index (κ2) is 3.32. The molecule has 2 N–H and O–H groups in total. The molecule has 2 aromatic rings. The van der Waals surface area contributed by atoms with E-state index in [2.05, 4.69) is 6.08 Å². The summed E-state index contributed by atoms with van der Waals surface area (Å²) < 4.78 is 5.60. The Morgan fingerprint density at radius 3 is 2.81 bits per heavy atom. The standard InChI is InChI=1S/C12H8BO3/c14-13(15)9-5-3-7-11-12(9)8-4-1-2-6-10(8)16-11/h1-4,6-7,14-15H/q+1. The molecule has 0 atom stereocenters. The molecule has 0 aliphatic heterocycles. The van der Waals surface area contributed by atoms with Crippen LogP contribution in [0.4, 0.5) is 0 Å². The van der Waals surface area contributed by atoms with Gasteiger partial charge in [-0.25, -0.2) is 0 Å². The van der Waals surface area contributed by atoms with Crippen molar-refractivity contribution in [2.45, 2.75) is 0 Å². The summed E-state index contributed by atoms with van der Waals surface area (Å²) in [5.41, 5.74) is 1.80. The van der Waals surface area contributed by atoms with Crippen LogP contribution in [0.5, 0.6) is 0 Å². The third-order valence-electron chi connectivity index (χ3n) is 2.62. The molecule has 1 heterocycles. The summed E-state index contributed by atoms with van der Waals surface area (Å²) >= 11 is 0. The molecular weight excluding hydrogens is 203 g/mol. The molecule has 4 heteroatoms. The van der Waals surface area contributed by atoms with Crippen LogP contribution in [0.1, 0.15) is 11.3 Å². The minimum absolute atomic E-state index is 0.349. The first kappa shape index (κ1) is 9.37. The molecule has 1 aliphatic rings. The van der Waals surface area contributed by atoms with Gasteiger partial charge >= 0.3 is 7.12 Å². The van der Waals surface area contributed by atoms with Crippen molar-refractivity contribution in [3.63, 3.8) is 0 Å². The quantitative estimate of drug-likeness (QED) is 0.557. The lowest BCUT2D eigenvalue weighted by Crippen LogP contribution is -2.15. The zero-order chi connectivity index (χ0) is 11.1. The van der Waals surface area contributed by atoms with E-state index in [4.69, 9.17) is 4.42 Å². The predicted octanol–water partition coefficient (Wildman–Crippen LogP) is 1.66. The SMILES string of the molecule is OB(O)C1=[C+]C=Cc2oc3ccccc3c21. The molecule has 3 rings (SSSR count). The molecule has 1 aromatic heterocycles. The number of allylic oxidation sites excluding steroid dienone is 2. The molecule has 0 fully saturated rings. The van der Waals surface area contributed by atoms with Crippen LogP contribution in [0.25, 0.3) is 22.5 Å². The molecule has 0 radical (unpaired) electrons. The van der Waals surface area contributed by atoms with Crippen LogP contribution in [0.3, 0.4) is 0 Å². The average molecular weight is 211 g/mol. The maximum absolute atomic E-state index is 9.28. The van der Waals surface area contributed by atoms with E-state index >= 15 is 0 Å². The molecule has 1 aliphatic carbocycles. The zero-order valence-corrected chi connectivity index (χ0v) is 8.34. The van der Waals surface area contributed by atoms with E-state index in [0.717, 1.165) is 11.0 Å². The number of hydrogen-bond acceptors (Lipinski definition) is 3. The van der Waals surface area contributed by atoms with Crippen molar-refractivity contribution >= 4 is 29.6 Å². The van der Waals surface area contributed by atoms with E-state index < -0.39 is 7.12 Å². The number of rotatable bonds is 1. The largest absolute Gasteiger partial charge is 0.527 e. The molecule has 3 nitrogen and oxygen atoms in total. The fourth-order valence-corrected chi connectivity index (χ4v) is 1.94. The third kappa shape index (κ3) is 1.22. The lowest BCUT2D eigenvalue weighted by Gasteiger charge is -1.98. The second-order valence-electron chi connectivity index (χ2n) is 3.60. The van der Waals surface area contributed by atoms with Crippen LogP contribution in [-0.2, 0) is 0 Å². The summed E-state index contributed by atoms with van der Waals surface area (Å²) in [6, 6.07) is 7.51. The van der Waals surface area contributed by atoms with Gasteiger partial charge in [0.05, 0.1) is 11.5 Å². The van der Waals surface area contributed by atoms with Crippen molar-refractivity contribution in [3.8, 4) is 0 Å². The summed E-state index contributed by atoms with van der Waals surface area (Å²) in [4.78, 5) is 0. The lowest BCUT2D eigenvalue weighted by atomic mass is 9.72. The Morgan fingerprint density at radius 1 is 1.19 bits per heavy atom. The van der Waals surface area contributed by atoms with E-state index in [-0.39, 0.29) is 0 Å². The summed E-state index contributed by atoms with van der Waals surface area (Å²) in [7, 11) is -1.54. The highest BCUT2D eigenvalue weighted by molar-refractivity contribution is 6.66. The van der Waals surface area contributed by atoms with Crippen LogP contribution >= 0.6 is 0 Å². The van der Waals surface area contributed by atoms with Crippen LogP contribution in [0.15, 0.2) is 34.8 Å². The Kier molecular flexibility index (Phi) is 1.94. The molecule has 0 bridgehead atoms. The van der Waals surface area contributed by atoms with Gasteiger partial charge in [-0.3, -0.25) is 0 Å².